The molecule has 0 aliphatic rings. The zero-order valence-corrected chi connectivity index (χ0v) is 6.32. The van der Waals surface area contributed by atoms with Crippen LogP contribution in [0.4, 0.5) is 13.2 Å². The van der Waals surface area contributed by atoms with E-state index in [2.05, 4.69) is 0 Å². The molecular formula is C5H3F3S2. The summed E-state index contributed by atoms with van der Waals surface area (Å²) in [5.41, 5.74) is -4.15. The molecular weight excluding hydrogens is 181 g/mol. The average molecular weight is 184 g/mol. The number of alkyl halides is 3. The molecule has 1 aromatic heterocycles. The van der Waals surface area contributed by atoms with Gasteiger partial charge in [0.1, 0.15) is 0 Å². The number of hydrogen-bond donors (Lipinski definition) is 0. The average Bonchev–Trinajstić information content (AvgIpc) is 2.12. The largest absolute Gasteiger partial charge is 0.447 e. The highest BCUT2D eigenvalue weighted by Crippen LogP contribution is 2.38. The summed E-state index contributed by atoms with van der Waals surface area (Å²) in [6.45, 7) is 0. The van der Waals surface area contributed by atoms with E-state index in [9.17, 15) is 13.2 Å². The van der Waals surface area contributed by atoms with Gasteiger partial charge in [-0.1, -0.05) is 6.07 Å². The van der Waals surface area contributed by atoms with E-state index >= 15 is 0 Å². The monoisotopic (exact) mass is 184 g/mol. The van der Waals surface area contributed by atoms with Crippen LogP contribution < -0.4 is 0 Å². The molecule has 0 aliphatic heterocycles. The van der Waals surface area contributed by atoms with Crippen LogP contribution in [-0.4, -0.2) is 5.51 Å². The van der Waals surface area contributed by atoms with Crippen LogP contribution >= 0.6 is 23.1 Å². The van der Waals surface area contributed by atoms with E-state index in [1.54, 1.807) is 11.4 Å². The molecule has 0 fully saturated rings. The normalized spacial score (nSPS) is 11.9. The lowest BCUT2D eigenvalue weighted by atomic mass is 10.7. The molecule has 0 nitrogen and oxygen atoms in total. The molecule has 0 spiro atoms. The van der Waals surface area contributed by atoms with Crippen LogP contribution in [-0.2, 0) is 0 Å². The molecule has 56 valence electrons. The maximum atomic E-state index is 11.6. The first-order chi connectivity index (χ1) is 4.58. The summed E-state index contributed by atoms with van der Waals surface area (Å²) in [6.07, 6.45) is 0. The molecule has 0 bridgehead atoms. The van der Waals surface area contributed by atoms with Gasteiger partial charge in [-0.05, 0) is 23.2 Å². The summed E-state index contributed by atoms with van der Waals surface area (Å²) in [5, 5.41) is 1.62. The summed E-state index contributed by atoms with van der Waals surface area (Å²) < 4.78 is 35.1. The van der Waals surface area contributed by atoms with Gasteiger partial charge in [-0.2, -0.15) is 13.2 Å². The van der Waals surface area contributed by atoms with E-state index < -0.39 is 5.51 Å². The molecule has 1 aromatic rings. The molecule has 1 heterocycles. The standard InChI is InChI=1S/C5H3F3S2/c6-5(7,8)10-4-2-1-3-9-4/h1-3H. The highest BCUT2D eigenvalue weighted by molar-refractivity contribution is 8.01. The van der Waals surface area contributed by atoms with Crippen LogP contribution in [0.1, 0.15) is 0 Å². The zero-order valence-electron chi connectivity index (χ0n) is 4.68. The molecule has 0 amide bonds. The second kappa shape index (κ2) is 2.84. The number of hydrogen-bond acceptors (Lipinski definition) is 2. The Bertz CT molecular complexity index is 189. The van der Waals surface area contributed by atoms with E-state index in [-0.39, 0.29) is 16.0 Å². The smallest absolute Gasteiger partial charge is 0.160 e. The molecule has 0 saturated carbocycles. The lowest BCUT2D eigenvalue weighted by Gasteiger charge is -2.00. The van der Waals surface area contributed by atoms with Gasteiger partial charge in [0.15, 0.2) is 0 Å². The molecule has 0 saturated heterocycles. The Hall–Kier alpha value is -0.160. The minimum atomic E-state index is -4.15. The van der Waals surface area contributed by atoms with Crippen molar-refractivity contribution in [3.63, 3.8) is 0 Å². The lowest BCUT2D eigenvalue weighted by molar-refractivity contribution is -0.0326. The molecule has 10 heavy (non-hydrogen) atoms. The van der Waals surface area contributed by atoms with Gasteiger partial charge in [-0.3, -0.25) is 0 Å². The fraction of sp³-hybridized carbons (Fsp3) is 0.200. The van der Waals surface area contributed by atoms with Crippen molar-refractivity contribution in [3.8, 4) is 0 Å². The fourth-order valence-electron chi connectivity index (χ4n) is 0.436. The third-order valence-electron chi connectivity index (χ3n) is 0.711. The van der Waals surface area contributed by atoms with Crippen LogP contribution in [0.25, 0.3) is 0 Å². The van der Waals surface area contributed by atoms with Crippen molar-refractivity contribution in [2.24, 2.45) is 0 Å². The number of thioether (sulfide) groups is 1. The van der Waals surface area contributed by atoms with E-state index in [1.807, 2.05) is 0 Å². The molecule has 0 aliphatic carbocycles. The summed E-state index contributed by atoms with van der Waals surface area (Å²) in [6, 6.07) is 3.04. The van der Waals surface area contributed by atoms with Crippen molar-refractivity contribution in [2.45, 2.75) is 9.72 Å². The Labute approximate surface area is 64.1 Å². The maximum Gasteiger partial charge on any atom is 0.447 e. The van der Waals surface area contributed by atoms with Gasteiger partial charge in [0.2, 0.25) is 0 Å². The van der Waals surface area contributed by atoms with E-state index in [1.165, 1.54) is 6.07 Å². The van der Waals surface area contributed by atoms with Gasteiger partial charge in [0.05, 0.1) is 4.21 Å². The first kappa shape index (κ1) is 7.94. The summed E-state index contributed by atoms with van der Waals surface area (Å²) in [7, 11) is 0. The molecule has 0 N–H and O–H groups in total. The second-order valence-electron chi connectivity index (χ2n) is 1.48. The Kier molecular flexibility index (Phi) is 2.25. The molecule has 1 rings (SSSR count). The molecule has 5 heteroatoms. The Morgan fingerprint density at radius 1 is 1.40 bits per heavy atom. The first-order valence-electron chi connectivity index (χ1n) is 2.37. The minimum Gasteiger partial charge on any atom is -0.160 e. The molecule has 0 aromatic carbocycles. The second-order valence-corrected chi connectivity index (χ2v) is 3.79. The topological polar surface area (TPSA) is 0 Å². The first-order valence-corrected chi connectivity index (χ1v) is 4.07. The van der Waals surface area contributed by atoms with Crippen LogP contribution in [0.2, 0.25) is 0 Å². The summed E-state index contributed by atoms with van der Waals surface area (Å²) in [4.78, 5) is 0. The highest BCUT2D eigenvalue weighted by Gasteiger charge is 2.29. The van der Waals surface area contributed by atoms with Crippen LogP contribution in [0.5, 0.6) is 0 Å². The minimum absolute atomic E-state index is 0.0741. The van der Waals surface area contributed by atoms with Crippen LogP contribution in [0.15, 0.2) is 21.7 Å². The van der Waals surface area contributed by atoms with Gasteiger partial charge < -0.3 is 0 Å². The van der Waals surface area contributed by atoms with Crippen LogP contribution in [0, 0.1) is 0 Å². The van der Waals surface area contributed by atoms with Crippen molar-refractivity contribution in [3.05, 3.63) is 17.5 Å². The zero-order chi connectivity index (χ0) is 7.61. The van der Waals surface area contributed by atoms with E-state index in [0.29, 0.717) is 0 Å². The highest BCUT2D eigenvalue weighted by atomic mass is 32.2. The fourth-order valence-corrected chi connectivity index (χ4v) is 1.90. The Morgan fingerprint density at radius 2 is 2.10 bits per heavy atom. The molecule has 0 unspecified atom stereocenters. The maximum absolute atomic E-state index is 11.6. The van der Waals surface area contributed by atoms with Gasteiger partial charge in [0.25, 0.3) is 0 Å². The third-order valence-corrected chi connectivity index (χ3v) is 2.48. The SMILES string of the molecule is FC(F)(F)Sc1cccs1. The lowest BCUT2D eigenvalue weighted by Crippen LogP contribution is -1.97. The van der Waals surface area contributed by atoms with Crippen molar-refractivity contribution >= 4 is 23.1 Å². The number of thiophene rings is 1. The van der Waals surface area contributed by atoms with E-state index in [0.717, 1.165) is 11.3 Å². The summed E-state index contributed by atoms with van der Waals surface area (Å²) >= 11 is 1.02. The Morgan fingerprint density at radius 3 is 2.50 bits per heavy atom. The van der Waals surface area contributed by atoms with Gasteiger partial charge in [0, 0.05) is 0 Å². The Balaban J connectivity index is 2.57. The number of rotatable bonds is 1. The quantitative estimate of drug-likeness (QED) is 0.603. The van der Waals surface area contributed by atoms with Gasteiger partial charge in [-0.15, -0.1) is 11.3 Å². The van der Waals surface area contributed by atoms with Gasteiger partial charge >= 0.3 is 5.51 Å². The predicted octanol–water partition coefficient (Wildman–Crippen LogP) is 3.36. The molecule has 0 atom stereocenters. The van der Waals surface area contributed by atoms with Gasteiger partial charge in [-0.25, -0.2) is 0 Å². The van der Waals surface area contributed by atoms with Crippen molar-refractivity contribution in [2.75, 3.05) is 0 Å². The number of halogens is 3. The predicted molar refractivity (Wildman–Crippen MR) is 36.2 cm³/mol. The molecule has 0 radical (unpaired) electrons. The van der Waals surface area contributed by atoms with Crippen molar-refractivity contribution < 1.29 is 13.2 Å². The third kappa shape index (κ3) is 2.62. The summed E-state index contributed by atoms with van der Waals surface area (Å²) in [5.74, 6) is 0. The van der Waals surface area contributed by atoms with Crippen molar-refractivity contribution in [1.82, 2.24) is 0 Å². The van der Waals surface area contributed by atoms with E-state index in [4.69, 9.17) is 0 Å². The van der Waals surface area contributed by atoms with Crippen molar-refractivity contribution in [1.29, 1.82) is 0 Å². The van der Waals surface area contributed by atoms with Crippen LogP contribution in [0.3, 0.4) is 0 Å².